The van der Waals surface area contributed by atoms with Gasteiger partial charge in [0.15, 0.2) is 6.61 Å². The van der Waals surface area contributed by atoms with Gasteiger partial charge in [-0.15, -0.1) is 0 Å². The fourth-order valence-corrected chi connectivity index (χ4v) is 3.75. The number of amides is 1. The number of halogens is 2. The molecule has 0 aliphatic heterocycles. The van der Waals surface area contributed by atoms with Crippen molar-refractivity contribution >= 4 is 45.1 Å². The monoisotopic (exact) mass is 410 g/mol. The summed E-state index contributed by atoms with van der Waals surface area (Å²) < 4.78 is 27.9. The van der Waals surface area contributed by atoms with Crippen LogP contribution in [0.25, 0.3) is 0 Å². The highest BCUT2D eigenvalue weighted by Crippen LogP contribution is 2.28. The Hall–Kier alpha value is -1.35. The first-order valence-electron chi connectivity index (χ1n) is 7.36. The Kier molecular flexibility index (Phi) is 7.25. The van der Waals surface area contributed by atoms with Gasteiger partial charge in [0.1, 0.15) is 4.90 Å². The van der Waals surface area contributed by atoms with E-state index in [9.17, 15) is 18.0 Å². The Morgan fingerprint density at radius 3 is 2.08 bits per heavy atom. The molecule has 1 rings (SSSR count). The van der Waals surface area contributed by atoms with Gasteiger partial charge in [-0.3, -0.25) is 4.79 Å². The van der Waals surface area contributed by atoms with Gasteiger partial charge in [0, 0.05) is 12.1 Å². The summed E-state index contributed by atoms with van der Waals surface area (Å²) in [6.07, 6.45) is 0. The van der Waals surface area contributed by atoms with Gasteiger partial charge in [-0.25, -0.2) is 18.4 Å². The second kappa shape index (κ2) is 8.35. The molecule has 0 spiro atoms. The number of primary sulfonamides is 1. The Labute approximate surface area is 157 Å². The van der Waals surface area contributed by atoms with Gasteiger partial charge in [0.25, 0.3) is 5.91 Å². The molecule has 0 fully saturated rings. The molecule has 0 atom stereocenters. The van der Waals surface area contributed by atoms with E-state index in [2.05, 4.69) is 0 Å². The summed E-state index contributed by atoms with van der Waals surface area (Å²) in [6, 6.07) is 1.87. The van der Waals surface area contributed by atoms with Crippen molar-refractivity contribution < 1.29 is 22.7 Å². The van der Waals surface area contributed by atoms with Crippen LogP contribution in [0.1, 0.15) is 38.1 Å². The van der Waals surface area contributed by atoms with Crippen molar-refractivity contribution in [1.82, 2.24) is 4.90 Å². The minimum absolute atomic E-state index is 0.0701. The predicted molar refractivity (Wildman–Crippen MR) is 95.2 cm³/mol. The lowest BCUT2D eigenvalue weighted by atomic mass is 10.2. The second-order valence-corrected chi connectivity index (χ2v) is 8.22. The number of carbonyl (C=O) groups excluding carboxylic acids is 2. The zero-order chi connectivity index (χ0) is 19.5. The minimum atomic E-state index is -4.15. The van der Waals surface area contributed by atoms with E-state index in [1.54, 1.807) is 4.90 Å². The number of sulfonamides is 1. The van der Waals surface area contributed by atoms with Crippen LogP contribution >= 0.6 is 23.2 Å². The smallest absolute Gasteiger partial charge is 0.340 e. The maximum atomic E-state index is 12.2. The molecule has 0 radical (unpaired) electrons. The maximum absolute atomic E-state index is 12.2. The first kappa shape index (κ1) is 21.7. The molecule has 25 heavy (non-hydrogen) atoms. The van der Waals surface area contributed by atoms with Crippen molar-refractivity contribution in [3.05, 3.63) is 27.7 Å². The van der Waals surface area contributed by atoms with E-state index in [0.717, 1.165) is 12.1 Å². The number of nitrogens with two attached hydrogens (primary N) is 1. The van der Waals surface area contributed by atoms with Crippen molar-refractivity contribution in [3.63, 3.8) is 0 Å². The van der Waals surface area contributed by atoms with Gasteiger partial charge in [-0.2, -0.15) is 0 Å². The standard InChI is InChI=1S/C15H20Cl2N2O5S/c1-8(2)19(9(3)4)14(20)7-24-15(21)10-5-13(25(18,22)23)12(17)6-11(10)16/h5-6,8-9H,7H2,1-4H3,(H2,18,22,23). The van der Waals surface area contributed by atoms with Crippen molar-refractivity contribution in [2.24, 2.45) is 5.14 Å². The highest BCUT2D eigenvalue weighted by molar-refractivity contribution is 7.89. The molecule has 2 N–H and O–H groups in total. The highest BCUT2D eigenvalue weighted by atomic mass is 35.5. The van der Waals surface area contributed by atoms with Crippen LogP contribution in [-0.2, 0) is 19.6 Å². The Bertz CT molecular complexity index is 770. The lowest BCUT2D eigenvalue weighted by molar-refractivity contribution is -0.138. The number of hydrogen-bond acceptors (Lipinski definition) is 5. The molecule has 1 aromatic carbocycles. The number of hydrogen-bond donors (Lipinski definition) is 1. The molecule has 140 valence electrons. The summed E-state index contributed by atoms with van der Waals surface area (Å²) >= 11 is 11.7. The fraction of sp³-hybridized carbons (Fsp3) is 0.467. The van der Waals surface area contributed by atoms with Crippen LogP contribution in [-0.4, -0.2) is 43.9 Å². The van der Waals surface area contributed by atoms with Crippen LogP contribution in [0, 0.1) is 0 Å². The van der Waals surface area contributed by atoms with Crippen LogP contribution in [0.2, 0.25) is 10.0 Å². The lowest BCUT2D eigenvalue weighted by Crippen LogP contribution is -2.44. The largest absolute Gasteiger partial charge is 0.452 e. The van der Waals surface area contributed by atoms with E-state index in [0.29, 0.717) is 0 Å². The summed E-state index contributed by atoms with van der Waals surface area (Å²) in [5.41, 5.74) is -0.247. The molecule has 7 nitrogen and oxygen atoms in total. The van der Waals surface area contributed by atoms with Gasteiger partial charge in [0.05, 0.1) is 15.6 Å². The number of esters is 1. The van der Waals surface area contributed by atoms with E-state index in [4.69, 9.17) is 33.1 Å². The molecule has 1 amide bonds. The Morgan fingerprint density at radius 1 is 1.12 bits per heavy atom. The number of rotatable bonds is 6. The van der Waals surface area contributed by atoms with E-state index in [1.807, 2.05) is 27.7 Å². The molecule has 0 aliphatic rings. The fourth-order valence-electron chi connectivity index (χ4n) is 2.36. The summed E-state index contributed by atoms with van der Waals surface area (Å²) in [6.45, 7) is 6.86. The molecular formula is C15H20Cl2N2O5S. The van der Waals surface area contributed by atoms with E-state index in [-0.39, 0.29) is 33.6 Å². The Morgan fingerprint density at radius 2 is 1.64 bits per heavy atom. The summed E-state index contributed by atoms with van der Waals surface area (Å²) in [7, 11) is -4.15. The van der Waals surface area contributed by atoms with Gasteiger partial charge in [0.2, 0.25) is 10.0 Å². The van der Waals surface area contributed by atoms with Crippen LogP contribution in [0.4, 0.5) is 0 Å². The first-order valence-corrected chi connectivity index (χ1v) is 9.66. The lowest BCUT2D eigenvalue weighted by Gasteiger charge is -2.30. The quantitative estimate of drug-likeness (QED) is 0.724. The van der Waals surface area contributed by atoms with Crippen molar-refractivity contribution in [1.29, 1.82) is 0 Å². The summed E-state index contributed by atoms with van der Waals surface area (Å²) in [5, 5.41) is 4.71. The topological polar surface area (TPSA) is 107 Å². The molecule has 1 aromatic rings. The van der Waals surface area contributed by atoms with Crippen molar-refractivity contribution in [3.8, 4) is 0 Å². The third-order valence-electron chi connectivity index (χ3n) is 3.28. The van der Waals surface area contributed by atoms with Gasteiger partial charge < -0.3 is 9.64 Å². The number of carbonyl (C=O) groups is 2. The predicted octanol–water partition coefficient (Wildman–Crippen LogP) is 2.44. The summed E-state index contributed by atoms with van der Waals surface area (Å²) in [5.74, 6) is -1.33. The average Bonchev–Trinajstić information content (AvgIpc) is 2.42. The van der Waals surface area contributed by atoms with Crippen molar-refractivity contribution in [2.45, 2.75) is 44.7 Å². The molecular weight excluding hydrogens is 391 g/mol. The second-order valence-electron chi connectivity index (χ2n) is 5.87. The van der Waals surface area contributed by atoms with Crippen molar-refractivity contribution in [2.75, 3.05) is 6.61 Å². The molecule has 0 unspecified atom stereocenters. The van der Waals surface area contributed by atoms with E-state index in [1.165, 1.54) is 0 Å². The zero-order valence-electron chi connectivity index (χ0n) is 14.2. The molecule has 10 heteroatoms. The van der Waals surface area contributed by atoms with E-state index >= 15 is 0 Å². The van der Waals surface area contributed by atoms with Gasteiger partial charge >= 0.3 is 5.97 Å². The van der Waals surface area contributed by atoms with Crippen LogP contribution in [0.3, 0.4) is 0 Å². The molecule has 0 saturated carbocycles. The molecule has 0 saturated heterocycles. The Balaban J connectivity index is 3.01. The zero-order valence-corrected chi connectivity index (χ0v) is 16.6. The normalized spacial score (nSPS) is 11.7. The third-order valence-corrected chi connectivity index (χ3v) is 4.96. The number of nitrogens with zero attached hydrogens (tertiary/aromatic N) is 1. The first-order chi connectivity index (χ1) is 11.4. The molecule has 0 heterocycles. The molecule has 0 aromatic heterocycles. The minimum Gasteiger partial charge on any atom is -0.452 e. The highest BCUT2D eigenvalue weighted by Gasteiger charge is 2.24. The number of ether oxygens (including phenoxy) is 1. The molecule has 0 bridgehead atoms. The van der Waals surface area contributed by atoms with Gasteiger partial charge in [-0.05, 0) is 39.8 Å². The van der Waals surface area contributed by atoms with Crippen LogP contribution in [0.15, 0.2) is 17.0 Å². The third kappa shape index (κ3) is 5.57. The maximum Gasteiger partial charge on any atom is 0.340 e. The average molecular weight is 411 g/mol. The SMILES string of the molecule is CC(C)N(C(=O)COC(=O)c1cc(S(N)(=O)=O)c(Cl)cc1Cl)C(C)C. The van der Waals surface area contributed by atoms with E-state index < -0.39 is 27.5 Å². The molecule has 0 aliphatic carbocycles. The number of benzene rings is 1. The van der Waals surface area contributed by atoms with Gasteiger partial charge in [-0.1, -0.05) is 23.2 Å². The summed E-state index contributed by atoms with van der Waals surface area (Å²) in [4.78, 5) is 25.5. The van der Waals surface area contributed by atoms with Crippen LogP contribution in [0.5, 0.6) is 0 Å². The van der Waals surface area contributed by atoms with Crippen LogP contribution < -0.4 is 5.14 Å².